The van der Waals surface area contributed by atoms with Gasteiger partial charge in [-0.2, -0.15) is 0 Å². The van der Waals surface area contributed by atoms with E-state index in [1.165, 1.54) is 11.6 Å². The van der Waals surface area contributed by atoms with Crippen molar-refractivity contribution < 1.29 is 9.13 Å². The Balaban J connectivity index is 2.11. The van der Waals surface area contributed by atoms with E-state index in [0.717, 1.165) is 10.0 Å². The second kappa shape index (κ2) is 6.06. The SMILES string of the molecule is COc1ccc(F)c(NCc2ccc(C)c(Br)c2)c1. The third-order valence-electron chi connectivity index (χ3n) is 2.89. The lowest BCUT2D eigenvalue weighted by Crippen LogP contribution is -2.02. The molecule has 0 spiro atoms. The molecule has 0 saturated carbocycles. The van der Waals surface area contributed by atoms with Crippen LogP contribution in [0.1, 0.15) is 11.1 Å². The topological polar surface area (TPSA) is 21.3 Å². The quantitative estimate of drug-likeness (QED) is 0.893. The van der Waals surface area contributed by atoms with Gasteiger partial charge >= 0.3 is 0 Å². The van der Waals surface area contributed by atoms with Crippen LogP contribution in [0.4, 0.5) is 10.1 Å². The van der Waals surface area contributed by atoms with Gasteiger partial charge in [0, 0.05) is 17.1 Å². The molecule has 2 aromatic carbocycles. The Morgan fingerprint density at radius 3 is 2.68 bits per heavy atom. The number of benzene rings is 2. The number of methoxy groups -OCH3 is 1. The van der Waals surface area contributed by atoms with Gasteiger partial charge in [-0.1, -0.05) is 28.1 Å². The van der Waals surface area contributed by atoms with Gasteiger partial charge in [-0.25, -0.2) is 4.39 Å². The molecule has 0 saturated heterocycles. The fourth-order valence-electron chi connectivity index (χ4n) is 1.71. The summed E-state index contributed by atoms with van der Waals surface area (Å²) in [6, 6.07) is 10.7. The molecule has 0 aliphatic rings. The van der Waals surface area contributed by atoms with Gasteiger partial charge in [-0.05, 0) is 36.2 Å². The summed E-state index contributed by atoms with van der Waals surface area (Å²) in [4.78, 5) is 0. The van der Waals surface area contributed by atoms with Crippen molar-refractivity contribution in [2.45, 2.75) is 13.5 Å². The second-order valence-corrected chi connectivity index (χ2v) is 5.14. The van der Waals surface area contributed by atoms with E-state index in [-0.39, 0.29) is 5.82 Å². The molecule has 0 atom stereocenters. The minimum Gasteiger partial charge on any atom is -0.497 e. The maximum atomic E-state index is 13.6. The minimum atomic E-state index is -0.285. The molecule has 2 aromatic rings. The summed E-state index contributed by atoms with van der Waals surface area (Å²) in [5.74, 6) is 0.348. The van der Waals surface area contributed by atoms with E-state index in [4.69, 9.17) is 4.74 Å². The summed E-state index contributed by atoms with van der Waals surface area (Å²) in [6.45, 7) is 2.59. The first-order valence-corrected chi connectivity index (χ1v) is 6.72. The summed E-state index contributed by atoms with van der Waals surface area (Å²) in [6.07, 6.45) is 0. The molecular formula is C15H15BrFNO. The van der Waals surface area contributed by atoms with Crippen LogP contribution in [0.3, 0.4) is 0 Å². The van der Waals surface area contributed by atoms with Gasteiger partial charge < -0.3 is 10.1 Å². The lowest BCUT2D eigenvalue weighted by Gasteiger charge is -2.10. The van der Waals surface area contributed by atoms with Crippen molar-refractivity contribution in [3.8, 4) is 5.75 Å². The predicted octanol–water partition coefficient (Wildman–Crippen LogP) is 4.52. The Bertz CT molecular complexity index is 586. The largest absolute Gasteiger partial charge is 0.497 e. The number of hydrogen-bond acceptors (Lipinski definition) is 2. The zero-order valence-corrected chi connectivity index (χ0v) is 12.4. The van der Waals surface area contributed by atoms with Crippen LogP contribution in [0, 0.1) is 12.7 Å². The standard InChI is InChI=1S/C15H15BrFNO/c1-10-3-4-11(7-13(10)16)9-18-15-8-12(19-2)5-6-14(15)17/h3-8,18H,9H2,1-2H3. The van der Waals surface area contributed by atoms with E-state index < -0.39 is 0 Å². The van der Waals surface area contributed by atoms with E-state index in [9.17, 15) is 4.39 Å². The number of nitrogens with one attached hydrogen (secondary N) is 1. The Morgan fingerprint density at radius 2 is 2.00 bits per heavy atom. The molecule has 100 valence electrons. The van der Waals surface area contributed by atoms with Crippen LogP contribution in [0.25, 0.3) is 0 Å². The molecule has 4 heteroatoms. The zero-order chi connectivity index (χ0) is 13.8. The zero-order valence-electron chi connectivity index (χ0n) is 10.8. The van der Waals surface area contributed by atoms with E-state index in [0.29, 0.717) is 18.0 Å². The number of halogens is 2. The van der Waals surface area contributed by atoms with Crippen molar-refractivity contribution in [3.05, 3.63) is 57.8 Å². The number of anilines is 1. The van der Waals surface area contributed by atoms with Crippen molar-refractivity contribution >= 4 is 21.6 Å². The lowest BCUT2D eigenvalue weighted by atomic mass is 10.1. The third kappa shape index (κ3) is 3.47. The van der Waals surface area contributed by atoms with Crippen LogP contribution in [-0.4, -0.2) is 7.11 Å². The van der Waals surface area contributed by atoms with Crippen molar-refractivity contribution in [3.63, 3.8) is 0 Å². The smallest absolute Gasteiger partial charge is 0.146 e. The van der Waals surface area contributed by atoms with E-state index >= 15 is 0 Å². The average Bonchev–Trinajstić information content (AvgIpc) is 2.41. The number of aryl methyl sites for hydroxylation is 1. The highest BCUT2D eigenvalue weighted by atomic mass is 79.9. The van der Waals surface area contributed by atoms with Gasteiger partial charge in [0.25, 0.3) is 0 Å². The molecule has 0 aliphatic heterocycles. The van der Waals surface area contributed by atoms with E-state index in [2.05, 4.69) is 21.2 Å². The summed E-state index contributed by atoms with van der Waals surface area (Å²) in [7, 11) is 1.56. The van der Waals surface area contributed by atoms with Crippen LogP contribution >= 0.6 is 15.9 Å². The van der Waals surface area contributed by atoms with Crippen LogP contribution in [0.5, 0.6) is 5.75 Å². The Hall–Kier alpha value is -1.55. The minimum absolute atomic E-state index is 0.285. The van der Waals surface area contributed by atoms with Gasteiger partial charge in [-0.15, -0.1) is 0 Å². The molecule has 0 aliphatic carbocycles. The Labute approximate surface area is 120 Å². The average molecular weight is 324 g/mol. The van der Waals surface area contributed by atoms with Gasteiger partial charge in [0.15, 0.2) is 0 Å². The highest BCUT2D eigenvalue weighted by Crippen LogP contribution is 2.23. The number of rotatable bonds is 4. The summed E-state index contributed by atoms with van der Waals surface area (Å²) in [5.41, 5.74) is 2.70. The molecule has 0 aromatic heterocycles. The van der Waals surface area contributed by atoms with Gasteiger partial charge in [0.1, 0.15) is 11.6 Å². The lowest BCUT2D eigenvalue weighted by molar-refractivity contribution is 0.414. The molecule has 0 heterocycles. The normalized spacial score (nSPS) is 10.3. The fourth-order valence-corrected chi connectivity index (χ4v) is 2.14. The highest BCUT2D eigenvalue weighted by molar-refractivity contribution is 9.10. The summed E-state index contributed by atoms with van der Waals surface area (Å²) < 4.78 is 19.8. The van der Waals surface area contributed by atoms with Gasteiger partial charge in [0.05, 0.1) is 12.8 Å². The molecule has 0 fully saturated rings. The van der Waals surface area contributed by atoms with E-state index in [1.807, 2.05) is 25.1 Å². The van der Waals surface area contributed by atoms with Crippen LogP contribution in [0.15, 0.2) is 40.9 Å². The number of hydrogen-bond donors (Lipinski definition) is 1. The summed E-state index contributed by atoms with van der Waals surface area (Å²) in [5, 5.41) is 3.07. The first-order valence-electron chi connectivity index (χ1n) is 5.92. The first-order chi connectivity index (χ1) is 9.10. The second-order valence-electron chi connectivity index (χ2n) is 4.28. The molecule has 2 nitrogen and oxygen atoms in total. The maximum absolute atomic E-state index is 13.6. The molecule has 0 unspecified atom stereocenters. The van der Waals surface area contributed by atoms with Crippen LogP contribution < -0.4 is 10.1 Å². The van der Waals surface area contributed by atoms with Gasteiger partial charge in [0.2, 0.25) is 0 Å². The molecule has 0 bridgehead atoms. The predicted molar refractivity (Wildman–Crippen MR) is 79.2 cm³/mol. The number of ether oxygens (including phenoxy) is 1. The highest BCUT2D eigenvalue weighted by Gasteiger charge is 2.04. The van der Waals surface area contributed by atoms with Crippen LogP contribution in [0.2, 0.25) is 0 Å². The molecule has 2 rings (SSSR count). The van der Waals surface area contributed by atoms with E-state index in [1.54, 1.807) is 19.2 Å². The van der Waals surface area contributed by atoms with Crippen molar-refractivity contribution in [2.75, 3.05) is 12.4 Å². The third-order valence-corrected chi connectivity index (χ3v) is 3.75. The van der Waals surface area contributed by atoms with Crippen molar-refractivity contribution in [1.29, 1.82) is 0 Å². The molecular weight excluding hydrogens is 309 g/mol. The van der Waals surface area contributed by atoms with Crippen molar-refractivity contribution in [1.82, 2.24) is 0 Å². The molecule has 1 N–H and O–H groups in total. The monoisotopic (exact) mass is 323 g/mol. The maximum Gasteiger partial charge on any atom is 0.146 e. The Kier molecular flexibility index (Phi) is 4.43. The van der Waals surface area contributed by atoms with Crippen LogP contribution in [-0.2, 0) is 6.54 Å². The fraction of sp³-hybridized carbons (Fsp3) is 0.200. The first kappa shape index (κ1) is 13.9. The molecule has 19 heavy (non-hydrogen) atoms. The van der Waals surface area contributed by atoms with Crippen molar-refractivity contribution in [2.24, 2.45) is 0 Å². The Morgan fingerprint density at radius 1 is 1.21 bits per heavy atom. The summed E-state index contributed by atoms with van der Waals surface area (Å²) >= 11 is 3.49. The van der Waals surface area contributed by atoms with Gasteiger partial charge in [-0.3, -0.25) is 0 Å². The molecule has 0 amide bonds. The molecule has 0 radical (unpaired) electrons.